The second-order valence-corrected chi connectivity index (χ2v) is 6.61. The predicted molar refractivity (Wildman–Crippen MR) is 94.6 cm³/mol. The van der Waals surface area contributed by atoms with Crippen molar-refractivity contribution in [2.24, 2.45) is 0 Å². The van der Waals surface area contributed by atoms with Gasteiger partial charge in [0.25, 0.3) is 5.70 Å². The molecule has 0 aliphatic carbocycles. The third kappa shape index (κ3) is 2.72. The van der Waals surface area contributed by atoms with Gasteiger partial charge in [0.1, 0.15) is 5.92 Å². The van der Waals surface area contributed by atoms with Crippen LogP contribution in [0.4, 0.5) is 0 Å². The number of carbonyl (C=O) groups is 1. The Balaban J connectivity index is 1.91. The van der Waals surface area contributed by atoms with Gasteiger partial charge in [-0.2, -0.15) is 0 Å². The number of nitrogens with zero attached hydrogens (tertiary/aromatic N) is 2. The molecule has 4 rings (SSSR count). The van der Waals surface area contributed by atoms with E-state index >= 15 is 0 Å². The molecule has 3 aliphatic rings. The second kappa shape index (κ2) is 6.61. The Morgan fingerprint density at radius 1 is 1.37 bits per heavy atom. The van der Waals surface area contributed by atoms with Crippen LogP contribution in [0.1, 0.15) is 38.2 Å². The summed E-state index contributed by atoms with van der Waals surface area (Å²) in [5.74, 6) is -0.221. The normalized spacial score (nSPS) is 20.8. The number of hydrogen-bond donors (Lipinski definition) is 0. The largest absolute Gasteiger partial charge is 0.463 e. The van der Waals surface area contributed by atoms with E-state index in [9.17, 15) is 14.9 Å². The maximum absolute atomic E-state index is 12.8. The number of allylic oxidation sites excluding steroid dienone is 3. The van der Waals surface area contributed by atoms with E-state index in [1.165, 1.54) is 0 Å². The van der Waals surface area contributed by atoms with E-state index in [-0.39, 0.29) is 24.0 Å². The molecule has 0 saturated carbocycles. The fourth-order valence-electron chi connectivity index (χ4n) is 4.07. The molecule has 3 aliphatic heterocycles. The maximum atomic E-state index is 12.8. The molecule has 0 unspecified atom stereocenters. The topological polar surface area (TPSA) is 91.1 Å². The lowest BCUT2D eigenvalue weighted by Gasteiger charge is -2.32. The van der Waals surface area contributed by atoms with Gasteiger partial charge in [-0.1, -0.05) is 6.07 Å². The predicted octanol–water partition coefficient (Wildman–Crippen LogP) is 2.93. The molecule has 27 heavy (non-hydrogen) atoms. The van der Waals surface area contributed by atoms with E-state index in [4.69, 9.17) is 14.2 Å². The zero-order valence-corrected chi connectivity index (χ0v) is 15.2. The molecule has 8 nitrogen and oxygen atoms in total. The van der Waals surface area contributed by atoms with Crippen LogP contribution >= 0.6 is 0 Å². The fraction of sp³-hybridized carbons (Fsp3) is 0.421. The number of hydrogen-bond acceptors (Lipinski definition) is 7. The van der Waals surface area contributed by atoms with Gasteiger partial charge in [0.2, 0.25) is 6.79 Å². The van der Waals surface area contributed by atoms with Crippen molar-refractivity contribution in [3.05, 3.63) is 56.5 Å². The minimum atomic E-state index is -0.808. The summed E-state index contributed by atoms with van der Waals surface area (Å²) in [7, 11) is 0. The highest BCUT2D eigenvalue weighted by Gasteiger charge is 2.46. The van der Waals surface area contributed by atoms with Crippen molar-refractivity contribution in [1.82, 2.24) is 4.90 Å². The number of benzene rings is 1. The first-order chi connectivity index (χ1) is 13.0. The molecule has 0 spiro atoms. The van der Waals surface area contributed by atoms with Gasteiger partial charge in [-0.05, 0) is 44.4 Å². The second-order valence-electron chi connectivity index (χ2n) is 6.61. The van der Waals surface area contributed by atoms with Gasteiger partial charge in [0, 0.05) is 12.2 Å². The van der Waals surface area contributed by atoms with Gasteiger partial charge in [-0.25, -0.2) is 4.79 Å². The van der Waals surface area contributed by atoms with Crippen LogP contribution in [-0.2, 0) is 9.53 Å². The van der Waals surface area contributed by atoms with E-state index in [0.717, 1.165) is 6.42 Å². The molecule has 0 amide bonds. The number of rotatable bonds is 4. The summed E-state index contributed by atoms with van der Waals surface area (Å²) in [6.45, 7) is 4.52. The van der Waals surface area contributed by atoms with Crippen LogP contribution in [0.3, 0.4) is 0 Å². The van der Waals surface area contributed by atoms with Gasteiger partial charge in [-0.3, -0.25) is 10.1 Å². The van der Waals surface area contributed by atoms with Crippen molar-refractivity contribution >= 4 is 5.97 Å². The first-order valence-corrected chi connectivity index (χ1v) is 8.95. The van der Waals surface area contributed by atoms with Gasteiger partial charge in [-0.15, -0.1) is 0 Å². The summed E-state index contributed by atoms with van der Waals surface area (Å²) >= 11 is 0. The van der Waals surface area contributed by atoms with Gasteiger partial charge < -0.3 is 19.1 Å². The first kappa shape index (κ1) is 17.4. The number of nitro groups is 1. The van der Waals surface area contributed by atoms with E-state index in [1.807, 2.05) is 11.8 Å². The molecule has 1 aromatic carbocycles. The number of esters is 1. The number of fused-ring (bicyclic) bond motifs is 2. The van der Waals surface area contributed by atoms with Crippen LogP contribution in [0.5, 0.6) is 11.5 Å². The third-order valence-electron chi connectivity index (χ3n) is 5.20. The summed E-state index contributed by atoms with van der Waals surface area (Å²) in [5.41, 5.74) is 2.36. The lowest BCUT2D eigenvalue weighted by Crippen LogP contribution is -2.33. The Labute approximate surface area is 156 Å². The molecule has 1 fully saturated rings. The highest BCUT2D eigenvalue weighted by Crippen LogP contribution is 2.47. The molecule has 1 saturated heterocycles. The quantitative estimate of drug-likeness (QED) is 0.456. The van der Waals surface area contributed by atoms with Gasteiger partial charge >= 0.3 is 5.97 Å². The molecule has 0 aromatic heterocycles. The molecule has 8 heteroatoms. The number of carbonyl (C=O) groups excluding carboxylic acids is 1. The van der Waals surface area contributed by atoms with Gasteiger partial charge in [0.05, 0.1) is 22.8 Å². The molecule has 142 valence electrons. The van der Waals surface area contributed by atoms with E-state index in [0.29, 0.717) is 47.0 Å². The average Bonchev–Trinajstić information content (AvgIpc) is 3.29. The zero-order valence-electron chi connectivity index (χ0n) is 15.2. The van der Waals surface area contributed by atoms with Crippen molar-refractivity contribution in [3.63, 3.8) is 0 Å². The van der Waals surface area contributed by atoms with E-state index < -0.39 is 11.9 Å². The molecule has 1 aromatic rings. The van der Waals surface area contributed by atoms with Crippen molar-refractivity contribution in [2.45, 2.75) is 32.6 Å². The first-order valence-electron chi connectivity index (χ1n) is 8.95. The SMILES string of the molecule is CCOC(=O)C1=C(C)N2CCCC2=C([N+](=O)[O-])[C@@H]1c1ccc2c(c1)OCO2. The Kier molecular flexibility index (Phi) is 4.25. The minimum absolute atomic E-state index is 0.0417. The molecular formula is C19H20N2O6. The Morgan fingerprint density at radius 2 is 2.15 bits per heavy atom. The van der Waals surface area contributed by atoms with E-state index in [1.54, 1.807) is 25.1 Å². The molecular weight excluding hydrogens is 352 g/mol. The summed E-state index contributed by atoms with van der Waals surface area (Å²) in [6.07, 6.45) is 1.43. The summed E-state index contributed by atoms with van der Waals surface area (Å²) < 4.78 is 16.0. The fourth-order valence-corrected chi connectivity index (χ4v) is 4.07. The third-order valence-corrected chi connectivity index (χ3v) is 5.20. The Bertz CT molecular complexity index is 888. The molecule has 0 radical (unpaired) electrons. The average molecular weight is 372 g/mol. The van der Waals surface area contributed by atoms with Crippen molar-refractivity contribution in [2.75, 3.05) is 19.9 Å². The molecule has 1 atom stereocenters. The lowest BCUT2D eigenvalue weighted by atomic mass is 9.83. The van der Waals surface area contributed by atoms with Crippen molar-refractivity contribution in [3.8, 4) is 11.5 Å². The maximum Gasteiger partial charge on any atom is 0.336 e. The monoisotopic (exact) mass is 372 g/mol. The standard InChI is InChI=1S/C19H20N2O6/c1-3-25-19(22)16-11(2)20-8-4-5-13(20)18(21(23)24)17(16)12-6-7-14-15(9-12)27-10-26-14/h6-7,9,17H,3-5,8,10H2,1-2H3/t17-/m1/s1. The zero-order chi connectivity index (χ0) is 19.1. The highest BCUT2D eigenvalue weighted by molar-refractivity contribution is 5.92. The van der Waals surface area contributed by atoms with Gasteiger partial charge in [0.15, 0.2) is 11.5 Å². The molecule has 0 bridgehead atoms. The van der Waals surface area contributed by atoms with Crippen LogP contribution in [0.15, 0.2) is 40.9 Å². The molecule has 3 heterocycles. The minimum Gasteiger partial charge on any atom is -0.463 e. The van der Waals surface area contributed by atoms with Crippen LogP contribution in [0.25, 0.3) is 0 Å². The van der Waals surface area contributed by atoms with Crippen LogP contribution < -0.4 is 9.47 Å². The van der Waals surface area contributed by atoms with Crippen LogP contribution in [0, 0.1) is 10.1 Å². The number of ether oxygens (including phenoxy) is 3. The van der Waals surface area contributed by atoms with Crippen molar-refractivity contribution in [1.29, 1.82) is 0 Å². The molecule has 0 N–H and O–H groups in total. The highest BCUT2D eigenvalue weighted by atomic mass is 16.7. The van der Waals surface area contributed by atoms with Crippen LogP contribution in [-0.4, -0.2) is 35.7 Å². The van der Waals surface area contributed by atoms with Crippen LogP contribution in [0.2, 0.25) is 0 Å². The summed E-state index contributed by atoms with van der Waals surface area (Å²) in [5, 5.41) is 12.0. The Morgan fingerprint density at radius 3 is 2.89 bits per heavy atom. The summed E-state index contributed by atoms with van der Waals surface area (Å²) in [6, 6.07) is 5.19. The summed E-state index contributed by atoms with van der Waals surface area (Å²) in [4.78, 5) is 26.3. The van der Waals surface area contributed by atoms with Crippen molar-refractivity contribution < 1.29 is 23.9 Å². The van der Waals surface area contributed by atoms with E-state index in [2.05, 4.69) is 0 Å². The Hall–Kier alpha value is -3.03. The smallest absolute Gasteiger partial charge is 0.336 e. The lowest BCUT2D eigenvalue weighted by molar-refractivity contribution is -0.431.